The maximum atomic E-state index is 12.0. The van der Waals surface area contributed by atoms with Gasteiger partial charge in [-0.15, -0.1) is 6.42 Å². The summed E-state index contributed by atoms with van der Waals surface area (Å²) in [7, 11) is 0. The first kappa shape index (κ1) is 11.9. The Morgan fingerprint density at radius 1 is 1.22 bits per heavy atom. The molecular formula is C15H22N2O. The number of urea groups is 1. The minimum Gasteiger partial charge on any atom is -0.333 e. The number of rotatable bonds is 2. The monoisotopic (exact) mass is 246 g/mol. The number of carbonyl (C=O) groups excluding carboxylic acids is 1. The zero-order valence-electron chi connectivity index (χ0n) is 11.0. The van der Waals surface area contributed by atoms with Crippen molar-refractivity contribution in [2.24, 2.45) is 17.8 Å². The molecule has 4 rings (SSSR count). The standard InChI is InChI=1S/C15H22N2O/c1-3-10(2)16-14(18)17-15-7-11-4-12(8-15)6-13(5-11)9-15/h1,10-13H,4-9H2,2H3,(H2,16,17,18). The lowest BCUT2D eigenvalue weighted by Gasteiger charge is -2.56. The second-order valence-electron chi connectivity index (χ2n) is 6.68. The zero-order valence-corrected chi connectivity index (χ0v) is 11.0. The summed E-state index contributed by atoms with van der Waals surface area (Å²) in [5.41, 5.74) is 0.0765. The first-order valence-electron chi connectivity index (χ1n) is 7.13. The fourth-order valence-corrected chi connectivity index (χ4v) is 4.78. The van der Waals surface area contributed by atoms with Crippen LogP contribution >= 0.6 is 0 Å². The number of hydrogen-bond acceptors (Lipinski definition) is 1. The van der Waals surface area contributed by atoms with E-state index in [2.05, 4.69) is 16.6 Å². The van der Waals surface area contributed by atoms with Gasteiger partial charge in [-0.1, -0.05) is 5.92 Å². The van der Waals surface area contributed by atoms with E-state index in [1.807, 2.05) is 6.92 Å². The summed E-state index contributed by atoms with van der Waals surface area (Å²) in [4.78, 5) is 12.0. The Morgan fingerprint density at radius 2 is 1.72 bits per heavy atom. The predicted octanol–water partition coefficient (Wildman–Crippen LogP) is 2.28. The van der Waals surface area contributed by atoms with Gasteiger partial charge in [0, 0.05) is 5.54 Å². The molecule has 4 saturated carbocycles. The van der Waals surface area contributed by atoms with E-state index in [4.69, 9.17) is 6.42 Å². The lowest BCUT2D eigenvalue weighted by molar-refractivity contribution is -0.0135. The van der Waals surface area contributed by atoms with E-state index in [-0.39, 0.29) is 17.6 Å². The van der Waals surface area contributed by atoms with Crippen molar-refractivity contribution in [3.05, 3.63) is 0 Å². The van der Waals surface area contributed by atoms with E-state index in [0.29, 0.717) is 0 Å². The molecule has 1 atom stereocenters. The Kier molecular flexibility index (Phi) is 2.77. The van der Waals surface area contributed by atoms with Gasteiger partial charge in [0.15, 0.2) is 0 Å². The average molecular weight is 246 g/mol. The van der Waals surface area contributed by atoms with Gasteiger partial charge < -0.3 is 10.6 Å². The normalized spacial score (nSPS) is 42.1. The van der Waals surface area contributed by atoms with Crippen molar-refractivity contribution in [1.29, 1.82) is 0 Å². The van der Waals surface area contributed by atoms with E-state index in [1.165, 1.54) is 38.5 Å². The fourth-order valence-electron chi connectivity index (χ4n) is 4.78. The number of hydrogen-bond donors (Lipinski definition) is 2. The first-order chi connectivity index (χ1) is 8.58. The van der Waals surface area contributed by atoms with Crippen molar-refractivity contribution in [1.82, 2.24) is 10.6 Å². The van der Waals surface area contributed by atoms with Crippen LogP contribution in [-0.2, 0) is 0 Å². The second-order valence-corrected chi connectivity index (χ2v) is 6.68. The maximum absolute atomic E-state index is 12.0. The minimum atomic E-state index is -0.195. The highest BCUT2D eigenvalue weighted by Gasteiger charge is 2.51. The molecule has 3 heteroatoms. The molecule has 0 aromatic carbocycles. The minimum absolute atomic E-state index is 0.0765. The Bertz CT molecular complexity index is 361. The molecule has 98 valence electrons. The number of terminal acetylenes is 1. The highest BCUT2D eigenvalue weighted by atomic mass is 16.2. The Hall–Kier alpha value is -1.17. The van der Waals surface area contributed by atoms with E-state index < -0.39 is 0 Å². The van der Waals surface area contributed by atoms with Crippen molar-refractivity contribution < 1.29 is 4.79 Å². The molecule has 4 bridgehead atoms. The van der Waals surface area contributed by atoms with Gasteiger partial charge in [0.1, 0.15) is 0 Å². The fraction of sp³-hybridized carbons (Fsp3) is 0.800. The van der Waals surface area contributed by atoms with Crippen LogP contribution in [0.4, 0.5) is 4.79 Å². The zero-order chi connectivity index (χ0) is 12.8. The van der Waals surface area contributed by atoms with Gasteiger partial charge in [-0.05, 0) is 63.2 Å². The molecule has 2 N–H and O–H groups in total. The molecule has 0 radical (unpaired) electrons. The van der Waals surface area contributed by atoms with Crippen LogP contribution in [0.25, 0.3) is 0 Å². The molecule has 0 heterocycles. The van der Waals surface area contributed by atoms with Crippen LogP contribution in [-0.4, -0.2) is 17.6 Å². The second kappa shape index (κ2) is 4.19. The van der Waals surface area contributed by atoms with Gasteiger partial charge in [-0.3, -0.25) is 0 Å². The van der Waals surface area contributed by atoms with Gasteiger partial charge in [0.2, 0.25) is 0 Å². The molecule has 4 aliphatic carbocycles. The molecule has 0 saturated heterocycles. The number of nitrogens with one attached hydrogen (secondary N) is 2. The van der Waals surface area contributed by atoms with E-state index in [0.717, 1.165) is 17.8 Å². The quantitative estimate of drug-likeness (QED) is 0.721. The maximum Gasteiger partial charge on any atom is 0.316 e. The number of carbonyl (C=O) groups is 1. The number of amides is 2. The summed E-state index contributed by atoms with van der Waals surface area (Å²) < 4.78 is 0. The van der Waals surface area contributed by atoms with Gasteiger partial charge in [-0.2, -0.15) is 0 Å². The van der Waals surface area contributed by atoms with Gasteiger partial charge in [0.05, 0.1) is 6.04 Å². The lowest BCUT2D eigenvalue weighted by atomic mass is 9.53. The van der Waals surface area contributed by atoms with E-state index in [9.17, 15) is 4.79 Å². The smallest absolute Gasteiger partial charge is 0.316 e. The molecule has 4 aliphatic rings. The Morgan fingerprint density at radius 3 is 2.17 bits per heavy atom. The Labute approximate surface area is 109 Å². The SMILES string of the molecule is C#CC(C)NC(=O)NC12CC3CC(CC(C3)C1)C2. The predicted molar refractivity (Wildman–Crippen MR) is 70.9 cm³/mol. The summed E-state index contributed by atoms with van der Waals surface area (Å²) in [5.74, 6) is 5.08. The third-order valence-corrected chi connectivity index (χ3v) is 5.01. The van der Waals surface area contributed by atoms with Crippen LogP contribution in [0.1, 0.15) is 45.4 Å². The van der Waals surface area contributed by atoms with Crippen LogP contribution in [0.15, 0.2) is 0 Å². The van der Waals surface area contributed by atoms with Crippen molar-refractivity contribution in [2.45, 2.75) is 57.0 Å². The molecule has 0 aromatic heterocycles. The lowest BCUT2D eigenvalue weighted by Crippen LogP contribution is -2.61. The topological polar surface area (TPSA) is 41.1 Å². The van der Waals surface area contributed by atoms with E-state index >= 15 is 0 Å². The van der Waals surface area contributed by atoms with Crippen molar-refractivity contribution in [3.63, 3.8) is 0 Å². The molecule has 4 fully saturated rings. The molecule has 0 spiro atoms. The summed E-state index contributed by atoms with van der Waals surface area (Å²) in [6, 6.07) is -0.277. The van der Waals surface area contributed by atoms with Crippen molar-refractivity contribution >= 4 is 6.03 Å². The molecule has 0 aliphatic heterocycles. The summed E-state index contributed by atoms with van der Waals surface area (Å²) in [6.07, 6.45) is 13.0. The first-order valence-corrected chi connectivity index (χ1v) is 7.13. The van der Waals surface area contributed by atoms with Crippen molar-refractivity contribution in [2.75, 3.05) is 0 Å². The summed E-state index contributed by atoms with van der Waals surface area (Å²) in [5, 5.41) is 6.06. The summed E-state index contributed by atoms with van der Waals surface area (Å²) >= 11 is 0. The molecule has 1 unspecified atom stereocenters. The third kappa shape index (κ3) is 2.09. The third-order valence-electron chi connectivity index (χ3n) is 5.01. The Balaban J connectivity index is 1.65. The highest BCUT2D eigenvalue weighted by molar-refractivity contribution is 5.75. The van der Waals surface area contributed by atoms with Crippen LogP contribution < -0.4 is 10.6 Å². The van der Waals surface area contributed by atoms with Crippen molar-refractivity contribution in [3.8, 4) is 12.3 Å². The van der Waals surface area contributed by atoms with Crippen LogP contribution in [0.3, 0.4) is 0 Å². The molecule has 2 amide bonds. The molecule has 3 nitrogen and oxygen atoms in total. The van der Waals surface area contributed by atoms with Gasteiger partial charge >= 0.3 is 6.03 Å². The van der Waals surface area contributed by atoms with Gasteiger partial charge in [0.25, 0.3) is 0 Å². The van der Waals surface area contributed by atoms with Crippen LogP contribution in [0.5, 0.6) is 0 Å². The summed E-state index contributed by atoms with van der Waals surface area (Å²) in [6.45, 7) is 1.83. The van der Waals surface area contributed by atoms with Crippen LogP contribution in [0, 0.1) is 30.1 Å². The molecular weight excluding hydrogens is 224 g/mol. The van der Waals surface area contributed by atoms with Gasteiger partial charge in [-0.25, -0.2) is 4.79 Å². The average Bonchev–Trinajstić information content (AvgIpc) is 2.25. The highest BCUT2D eigenvalue weighted by Crippen LogP contribution is 2.55. The molecule has 0 aromatic rings. The largest absolute Gasteiger partial charge is 0.333 e. The van der Waals surface area contributed by atoms with E-state index in [1.54, 1.807) is 0 Å². The molecule has 18 heavy (non-hydrogen) atoms. The van der Waals surface area contributed by atoms with Crippen LogP contribution in [0.2, 0.25) is 0 Å².